The van der Waals surface area contributed by atoms with Crippen molar-refractivity contribution in [1.29, 1.82) is 0 Å². The lowest BCUT2D eigenvalue weighted by Gasteiger charge is -2.16. The molecule has 2 heteroatoms. The van der Waals surface area contributed by atoms with Gasteiger partial charge >= 0.3 is 0 Å². The van der Waals surface area contributed by atoms with Gasteiger partial charge in [0.2, 0.25) is 0 Å². The van der Waals surface area contributed by atoms with Gasteiger partial charge in [-0.05, 0) is 42.2 Å². The number of benzene rings is 2. The van der Waals surface area contributed by atoms with Crippen LogP contribution < -0.4 is 5.32 Å². The van der Waals surface area contributed by atoms with Gasteiger partial charge in [-0.1, -0.05) is 54.6 Å². The van der Waals surface area contributed by atoms with E-state index >= 15 is 0 Å². The molecule has 0 fully saturated rings. The topological polar surface area (TPSA) is 12.0 Å². The van der Waals surface area contributed by atoms with Gasteiger partial charge in [-0.15, -0.1) is 0 Å². The molecule has 0 radical (unpaired) electrons. The first-order valence-corrected chi connectivity index (χ1v) is 8.06. The lowest BCUT2D eigenvalue weighted by atomic mass is 10.00. The molecule has 2 aromatic carbocycles. The molecule has 100 valence electrons. The molecule has 1 unspecified atom stereocenters. The van der Waals surface area contributed by atoms with Gasteiger partial charge in [-0.2, -0.15) is 11.8 Å². The molecule has 0 saturated heterocycles. The summed E-state index contributed by atoms with van der Waals surface area (Å²) in [6.07, 6.45) is 3.33. The first-order chi connectivity index (χ1) is 9.35. The minimum Gasteiger partial charge on any atom is -0.313 e. The molecule has 0 amide bonds. The maximum absolute atomic E-state index is 3.40. The van der Waals surface area contributed by atoms with Gasteiger partial charge in [0.25, 0.3) is 0 Å². The Kier molecular flexibility index (Phi) is 5.49. The molecule has 0 bridgehead atoms. The third kappa shape index (κ3) is 3.85. The van der Waals surface area contributed by atoms with Gasteiger partial charge in [0.05, 0.1) is 0 Å². The zero-order chi connectivity index (χ0) is 13.5. The maximum Gasteiger partial charge on any atom is 0.0325 e. The molecular weight excluding hydrogens is 250 g/mol. The molecule has 0 aromatic heterocycles. The summed E-state index contributed by atoms with van der Waals surface area (Å²) in [5.74, 6) is 1.19. The fraction of sp³-hybridized carbons (Fsp3) is 0.294. The van der Waals surface area contributed by atoms with Crippen LogP contribution in [0.5, 0.6) is 0 Å². The van der Waals surface area contributed by atoms with Crippen molar-refractivity contribution >= 4 is 11.8 Å². The molecule has 0 saturated carbocycles. The van der Waals surface area contributed by atoms with Crippen LogP contribution in [0.15, 0.2) is 54.6 Å². The van der Waals surface area contributed by atoms with Crippen LogP contribution >= 0.6 is 11.8 Å². The number of hydrogen-bond donors (Lipinski definition) is 1. The Hall–Kier alpha value is -1.25. The van der Waals surface area contributed by atoms with E-state index in [0.717, 1.165) is 0 Å². The van der Waals surface area contributed by atoms with E-state index in [0.29, 0.717) is 6.04 Å². The van der Waals surface area contributed by atoms with Gasteiger partial charge in [0, 0.05) is 6.04 Å². The molecule has 0 aliphatic heterocycles. The Morgan fingerprint density at radius 2 is 1.58 bits per heavy atom. The smallest absolute Gasteiger partial charge is 0.0325 e. The molecule has 0 spiro atoms. The third-order valence-corrected chi connectivity index (χ3v) is 4.02. The minimum atomic E-state index is 0.456. The monoisotopic (exact) mass is 271 g/mol. The Morgan fingerprint density at radius 1 is 0.947 bits per heavy atom. The van der Waals surface area contributed by atoms with E-state index in [1.807, 2.05) is 18.8 Å². The average molecular weight is 271 g/mol. The van der Waals surface area contributed by atoms with Crippen LogP contribution in [0.4, 0.5) is 0 Å². The minimum absolute atomic E-state index is 0.456. The lowest BCUT2D eigenvalue weighted by molar-refractivity contribution is 0.581. The predicted octanol–water partition coefficient (Wildman–Crippen LogP) is 4.37. The highest BCUT2D eigenvalue weighted by Gasteiger charge is 2.08. The van der Waals surface area contributed by atoms with Crippen LogP contribution in [0.2, 0.25) is 0 Å². The van der Waals surface area contributed by atoms with Crippen molar-refractivity contribution < 1.29 is 0 Å². The van der Waals surface area contributed by atoms with Crippen LogP contribution in [0.1, 0.15) is 18.0 Å². The number of hydrogen-bond acceptors (Lipinski definition) is 2. The summed E-state index contributed by atoms with van der Waals surface area (Å²) >= 11 is 1.90. The molecule has 1 atom stereocenters. The highest BCUT2D eigenvalue weighted by molar-refractivity contribution is 7.98. The van der Waals surface area contributed by atoms with E-state index in [1.165, 1.54) is 28.9 Å². The van der Waals surface area contributed by atoms with Crippen molar-refractivity contribution in [2.75, 3.05) is 19.1 Å². The van der Waals surface area contributed by atoms with E-state index in [9.17, 15) is 0 Å². The fourth-order valence-electron chi connectivity index (χ4n) is 2.25. The summed E-state index contributed by atoms with van der Waals surface area (Å²) in [6.45, 7) is 0. The highest BCUT2D eigenvalue weighted by Crippen LogP contribution is 2.23. The Labute approximate surface area is 120 Å². The Balaban J connectivity index is 2.13. The van der Waals surface area contributed by atoms with E-state index in [4.69, 9.17) is 0 Å². The predicted molar refractivity (Wildman–Crippen MR) is 86.7 cm³/mol. The molecule has 0 aliphatic carbocycles. The highest BCUT2D eigenvalue weighted by atomic mass is 32.2. The first-order valence-electron chi connectivity index (χ1n) is 6.66. The van der Waals surface area contributed by atoms with Gasteiger partial charge in [-0.25, -0.2) is 0 Å². The fourth-order valence-corrected chi connectivity index (χ4v) is 2.72. The summed E-state index contributed by atoms with van der Waals surface area (Å²) in [6, 6.07) is 19.9. The quantitative estimate of drug-likeness (QED) is 0.837. The second-order valence-electron chi connectivity index (χ2n) is 4.61. The zero-order valence-corrected chi connectivity index (χ0v) is 12.4. The van der Waals surface area contributed by atoms with Crippen LogP contribution in [0, 0.1) is 0 Å². The van der Waals surface area contributed by atoms with Crippen molar-refractivity contribution in [2.24, 2.45) is 0 Å². The van der Waals surface area contributed by atoms with Crippen molar-refractivity contribution in [3.05, 3.63) is 60.2 Å². The summed E-state index contributed by atoms with van der Waals surface area (Å²) in [5.41, 5.74) is 3.93. The van der Waals surface area contributed by atoms with Crippen molar-refractivity contribution in [1.82, 2.24) is 5.32 Å². The van der Waals surface area contributed by atoms with E-state index in [2.05, 4.69) is 66.2 Å². The SMILES string of the molecule is CNC(CCSC)c1ccc(-c2ccccc2)cc1. The van der Waals surface area contributed by atoms with Crippen molar-refractivity contribution in [3.8, 4) is 11.1 Å². The normalized spacial score (nSPS) is 12.3. The van der Waals surface area contributed by atoms with Crippen molar-refractivity contribution in [3.63, 3.8) is 0 Å². The average Bonchev–Trinajstić information content (AvgIpc) is 2.49. The Morgan fingerprint density at radius 3 is 2.16 bits per heavy atom. The summed E-state index contributed by atoms with van der Waals surface area (Å²) < 4.78 is 0. The molecule has 2 aromatic rings. The van der Waals surface area contributed by atoms with Gasteiger partial charge in [0.1, 0.15) is 0 Å². The van der Waals surface area contributed by atoms with Crippen LogP contribution in [-0.2, 0) is 0 Å². The molecule has 1 nitrogen and oxygen atoms in total. The second kappa shape index (κ2) is 7.37. The van der Waals surface area contributed by atoms with E-state index in [-0.39, 0.29) is 0 Å². The zero-order valence-electron chi connectivity index (χ0n) is 11.6. The third-order valence-electron chi connectivity index (χ3n) is 3.38. The summed E-state index contributed by atoms with van der Waals surface area (Å²) in [4.78, 5) is 0. The number of thioether (sulfide) groups is 1. The van der Waals surface area contributed by atoms with Crippen molar-refractivity contribution in [2.45, 2.75) is 12.5 Å². The molecule has 0 heterocycles. The standard InChI is InChI=1S/C17H21NS/c1-18-17(12-13-19-2)16-10-8-15(9-11-16)14-6-4-3-5-7-14/h3-11,17-18H,12-13H2,1-2H3. The number of nitrogens with one attached hydrogen (secondary N) is 1. The molecular formula is C17H21NS. The van der Waals surface area contributed by atoms with Gasteiger partial charge < -0.3 is 5.32 Å². The summed E-state index contributed by atoms with van der Waals surface area (Å²) in [5, 5.41) is 3.40. The number of rotatable bonds is 6. The lowest BCUT2D eigenvalue weighted by Crippen LogP contribution is -2.16. The van der Waals surface area contributed by atoms with Crippen LogP contribution in [-0.4, -0.2) is 19.1 Å². The maximum atomic E-state index is 3.40. The largest absolute Gasteiger partial charge is 0.313 e. The molecule has 2 rings (SSSR count). The van der Waals surface area contributed by atoms with E-state index in [1.54, 1.807) is 0 Å². The second-order valence-corrected chi connectivity index (χ2v) is 5.60. The van der Waals surface area contributed by atoms with Crippen LogP contribution in [0.3, 0.4) is 0 Å². The molecule has 0 aliphatic rings. The first kappa shape index (κ1) is 14.2. The molecule has 1 N–H and O–H groups in total. The van der Waals surface area contributed by atoms with Crippen LogP contribution in [0.25, 0.3) is 11.1 Å². The summed E-state index contributed by atoms with van der Waals surface area (Å²) in [7, 11) is 2.04. The Bertz CT molecular complexity index is 478. The van der Waals surface area contributed by atoms with E-state index < -0.39 is 0 Å². The van der Waals surface area contributed by atoms with Gasteiger partial charge in [-0.3, -0.25) is 0 Å². The van der Waals surface area contributed by atoms with Gasteiger partial charge in [0.15, 0.2) is 0 Å². The molecule has 19 heavy (non-hydrogen) atoms.